The zero-order chi connectivity index (χ0) is 23.8. The van der Waals surface area contributed by atoms with E-state index in [0.29, 0.717) is 18.8 Å². The molecule has 9 heteroatoms. The van der Waals surface area contributed by atoms with Crippen LogP contribution in [0.5, 0.6) is 11.5 Å². The lowest BCUT2D eigenvalue weighted by Crippen LogP contribution is -2.50. The monoisotopic (exact) mass is 462 g/mol. The van der Waals surface area contributed by atoms with Gasteiger partial charge in [-0.05, 0) is 54.7 Å². The van der Waals surface area contributed by atoms with Gasteiger partial charge in [0.1, 0.15) is 23.8 Å². The molecule has 0 spiro atoms. The van der Waals surface area contributed by atoms with Crippen molar-refractivity contribution in [1.29, 1.82) is 0 Å². The van der Waals surface area contributed by atoms with E-state index >= 15 is 0 Å². The molecule has 6 nitrogen and oxygen atoms in total. The van der Waals surface area contributed by atoms with E-state index in [9.17, 15) is 18.0 Å². The summed E-state index contributed by atoms with van der Waals surface area (Å²) in [5.74, 6) is -0.356. The number of ether oxygens (including phenoxy) is 2. The Hall–Kier alpha value is -3.07. The number of benzene rings is 1. The molecule has 0 radical (unpaired) electrons. The number of allylic oxidation sites excluding steroid dienone is 1. The van der Waals surface area contributed by atoms with Gasteiger partial charge in [-0.15, -0.1) is 0 Å². The Balaban J connectivity index is 1.42. The summed E-state index contributed by atoms with van der Waals surface area (Å²) in [5.41, 5.74) is 4.23. The average molecular weight is 462 g/mol. The van der Waals surface area contributed by atoms with Gasteiger partial charge in [0.2, 0.25) is 0 Å². The van der Waals surface area contributed by atoms with Crippen molar-refractivity contribution in [3.63, 3.8) is 0 Å². The predicted octanol–water partition coefficient (Wildman–Crippen LogP) is 4.42. The molecular formula is C24H25F3N2O4. The second-order valence-electron chi connectivity index (χ2n) is 8.44. The molecule has 1 saturated heterocycles. The highest BCUT2D eigenvalue weighted by Gasteiger charge is 2.33. The number of likely N-dealkylation sites (tertiary alicyclic amines) is 1. The molecule has 33 heavy (non-hydrogen) atoms. The van der Waals surface area contributed by atoms with Crippen LogP contribution in [-0.4, -0.2) is 47.7 Å². The number of rotatable bonds is 7. The molecule has 2 heterocycles. The molecular weight excluding hydrogens is 437 g/mol. The lowest BCUT2D eigenvalue weighted by atomic mass is 9.85. The minimum atomic E-state index is -4.49. The summed E-state index contributed by atoms with van der Waals surface area (Å²) in [4.78, 5) is 17.0. The number of aliphatic carboxylic acids is 1. The summed E-state index contributed by atoms with van der Waals surface area (Å²) in [7, 11) is 1.30. The van der Waals surface area contributed by atoms with Gasteiger partial charge >= 0.3 is 12.1 Å². The highest BCUT2D eigenvalue weighted by Crippen LogP contribution is 2.35. The first-order chi connectivity index (χ1) is 15.7. The second-order valence-corrected chi connectivity index (χ2v) is 8.44. The number of hydrogen-bond donors (Lipinski definition) is 1. The Bertz CT molecular complexity index is 1090. The number of pyridine rings is 1. The number of aromatic nitrogens is 1. The molecule has 176 valence electrons. The van der Waals surface area contributed by atoms with Gasteiger partial charge in [-0.1, -0.05) is 11.6 Å². The summed E-state index contributed by atoms with van der Waals surface area (Å²) < 4.78 is 49.6. The predicted molar refractivity (Wildman–Crippen MR) is 115 cm³/mol. The van der Waals surface area contributed by atoms with Gasteiger partial charge in [-0.2, -0.15) is 13.2 Å². The van der Waals surface area contributed by atoms with Gasteiger partial charge < -0.3 is 14.6 Å². The van der Waals surface area contributed by atoms with Crippen LogP contribution in [0.2, 0.25) is 0 Å². The Morgan fingerprint density at radius 1 is 1.24 bits per heavy atom. The van der Waals surface area contributed by atoms with Crippen molar-refractivity contribution in [3.05, 3.63) is 58.4 Å². The average Bonchev–Trinajstić information content (AvgIpc) is 2.74. The highest BCUT2D eigenvalue weighted by atomic mass is 19.4. The first kappa shape index (κ1) is 23.1. The number of carboxylic acid groups (broad SMARTS) is 1. The van der Waals surface area contributed by atoms with Crippen molar-refractivity contribution in [3.8, 4) is 11.5 Å². The maximum Gasteiger partial charge on any atom is 0.418 e. The number of hydrogen-bond acceptors (Lipinski definition) is 5. The quantitative estimate of drug-likeness (QED) is 0.657. The minimum Gasteiger partial charge on any atom is -0.495 e. The molecule has 1 aliphatic heterocycles. The number of fused-ring (bicyclic) bond motifs is 1. The van der Waals surface area contributed by atoms with Gasteiger partial charge in [-0.25, -0.2) is 0 Å². The van der Waals surface area contributed by atoms with E-state index in [4.69, 9.17) is 14.6 Å². The van der Waals surface area contributed by atoms with E-state index in [-0.39, 0.29) is 24.0 Å². The first-order valence-corrected chi connectivity index (χ1v) is 10.7. The van der Waals surface area contributed by atoms with Crippen LogP contribution in [0.3, 0.4) is 0 Å². The summed E-state index contributed by atoms with van der Waals surface area (Å²) in [6, 6.07) is 6.71. The number of aryl methyl sites for hydroxylation is 1. The van der Waals surface area contributed by atoms with Crippen LogP contribution in [0, 0.1) is 5.92 Å². The van der Waals surface area contributed by atoms with Gasteiger partial charge in [0.25, 0.3) is 0 Å². The van der Waals surface area contributed by atoms with E-state index in [1.165, 1.54) is 18.3 Å². The fraction of sp³-hybridized carbons (Fsp3) is 0.417. The fourth-order valence-electron chi connectivity index (χ4n) is 4.28. The Morgan fingerprint density at radius 2 is 2.00 bits per heavy atom. The zero-order valence-corrected chi connectivity index (χ0v) is 18.4. The maximum atomic E-state index is 12.9. The van der Waals surface area contributed by atoms with Crippen LogP contribution < -0.4 is 9.47 Å². The SMILES string of the molecule is COc1cc(C(F)(F)F)cnc1COc1ccc2c(c1)CCC(CN1CC(C(=O)O)C1)=C2C. The standard InChI is InChI=1S/C24H25F3N2O4/c1-14-16(10-29-11-17(12-29)23(30)31)4-3-15-7-19(5-6-20(14)15)33-13-21-22(32-2)8-18(9-28-21)24(25,26)27/h5-9,17H,3-4,10-13H2,1-2H3,(H,30,31). The summed E-state index contributed by atoms with van der Waals surface area (Å²) >= 11 is 0. The third kappa shape index (κ3) is 4.98. The molecule has 4 rings (SSSR count). The second kappa shape index (κ2) is 9.05. The van der Waals surface area contributed by atoms with E-state index in [2.05, 4.69) is 16.8 Å². The Labute approximate surface area is 189 Å². The fourth-order valence-corrected chi connectivity index (χ4v) is 4.28. The van der Waals surface area contributed by atoms with Gasteiger partial charge in [-0.3, -0.25) is 14.7 Å². The molecule has 0 atom stereocenters. The van der Waals surface area contributed by atoms with Crippen molar-refractivity contribution < 1.29 is 32.5 Å². The van der Waals surface area contributed by atoms with E-state index in [0.717, 1.165) is 42.8 Å². The minimum absolute atomic E-state index is 0.0140. The summed E-state index contributed by atoms with van der Waals surface area (Å²) in [6.07, 6.45) is -1.97. The number of alkyl halides is 3. The van der Waals surface area contributed by atoms with Gasteiger partial charge in [0.05, 0.1) is 18.6 Å². The highest BCUT2D eigenvalue weighted by molar-refractivity contribution is 5.73. The largest absolute Gasteiger partial charge is 0.495 e. The van der Waals surface area contributed by atoms with Gasteiger partial charge in [0.15, 0.2) is 0 Å². The molecule has 0 amide bonds. The molecule has 1 N–H and O–H groups in total. The van der Waals surface area contributed by atoms with Crippen LogP contribution >= 0.6 is 0 Å². The number of halogens is 3. The number of carboxylic acids is 1. The maximum absolute atomic E-state index is 12.9. The Morgan fingerprint density at radius 3 is 2.67 bits per heavy atom. The lowest BCUT2D eigenvalue weighted by Gasteiger charge is -2.38. The smallest absolute Gasteiger partial charge is 0.418 e. The van der Waals surface area contributed by atoms with Crippen LogP contribution in [0.15, 0.2) is 36.0 Å². The van der Waals surface area contributed by atoms with Gasteiger partial charge in [0, 0.05) is 25.8 Å². The van der Waals surface area contributed by atoms with Crippen molar-refractivity contribution >= 4 is 11.5 Å². The molecule has 0 unspecified atom stereocenters. The first-order valence-electron chi connectivity index (χ1n) is 10.7. The Kier molecular flexibility index (Phi) is 6.34. The van der Waals surface area contributed by atoms with Crippen molar-refractivity contribution in [2.24, 2.45) is 5.92 Å². The van der Waals surface area contributed by atoms with Crippen LogP contribution in [0.1, 0.15) is 35.7 Å². The molecule has 1 fully saturated rings. The topological polar surface area (TPSA) is 71.9 Å². The molecule has 2 aromatic rings. The number of nitrogens with zero attached hydrogens (tertiary/aromatic N) is 2. The van der Waals surface area contributed by atoms with Crippen molar-refractivity contribution in [1.82, 2.24) is 9.88 Å². The molecule has 1 aromatic heterocycles. The van der Waals surface area contributed by atoms with Crippen LogP contribution in [0.4, 0.5) is 13.2 Å². The van der Waals surface area contributed by atoms with E-state index in [1.807, 2.05) is 18.2 Å². The molecule has 0 bridgehead atoms. The van der Waals surface area contributed by atoms with Crippen molar-refractivity contribution in [2.75, 3.05) is 26.7 Å². The summed E-state index contributed by atoms with van der Waals surface area (Å²) in [5, 5.41) is 9.05. The molecule has 1 aliphatic carbocycles. The van der Waals surface area contributed by atoms with E-state index in [1.54, 1.807) is 0 Å². The third-order valence-electron chi connectivity index (χ3n) is 6.28. The third-order valence-corrected chi connectivity index (χ3v) is 6.28. The van der Waals surface area contributed by atoms with E-state index < -0.39 is 17.7 Å². The van der Waals surface area contributed by atoms with Crippen LogP contribution in [-0.2, 0) is 24.0 Å². The van der Waals surface area contributed by atoms with Crippen LogP contribution in [0.25, 0.3) is 5.57 Å². The molecule has 1 aromatic carbocycles. The van der Waals surface area contributed by atoms with Crippen molar-refractivity contribution in [2.45, 2.75) is 32.5 Å². The zero-order valence-electron chi connectivity index (χ0n) is 18.4. The number of carbonyl (C=O) groups is 1. The normalized spacial score (nSPS) is 16.9. The molecule has 0 saturated carbocycles. The lowest BCUT2D eigenvalue weighted by molar-refractivity contribution is -0.147. The molecule has 2 aliphatic rings. The summed E-state index contributed by atoms with van der Waals surface area (Å²) in [6.45, 7) is 4.03. The number of methoxy groups -OCH3 is 1.